The summed E-state index contributed by atoms with van der Waals surface area (Å²) in [4.78, 5) is 33.1. The molecule has 9 heteroatoms. The summed E-state index contributed by atoms with van der Waals surface area (Å²) >= 11 is 0. The maximum absolute atomic E-state index is 12.7. The molecule has 3 heterocycles. The Balaban J connectivity index is 1.39. The van der Waals surface area contributed by atoms with Gasteiger partial charge in [-0.05, 0) is 35.9 Å². The van der Waals surface area contributed by atoms with Crippen molar-refractivity contribution in [1.82, 2.24) is 20.4 Å². The van der Waals surface area contributed by atoms with E-state index in [1.807, 2.05) is 6.07 Å². The smallest absolute Gasteiger partial charge is 0.228 e. The molecule has 1 aliphatic heterocycles. The van der Waals surface area contributed by atoms with Crippen LogP contribution in [-0.2, 0) is 16.0 Å². The van der Waals surface area contributed by atoms with Crippen LogP contribution in [0.5, 0.6) is 5.75 Å². The highest BCUT2D eigenvalue weighted by Crippen LogP contribution is 2.35. The zero-order valence-corrected chi connectivity index (χ0v) is 15.7. The predicted molar refractivity (Wildman–Crippen MR) is 103 cm³/mol. The fourth-order valence-corrected chi connectivity index (χ4v) is 3.17. The molecular weight excluding hydrogens is 374 g/mol. The number of hydrogen-bond acceptors (Lipinski definition) is 7. The summed E-state index contributed by atoms with van der Waals surface area (Å²) in [5, 5.41) is 9.53. The van der Waals surface area contributed by atoms with Crippen molar-refractivity contribution in [3.63, 3.8) is 0 Å². The number of ether oxygens (including phenoxy) is 1. The monoisotopic (exact) mass is 393 g/mol. The van der Waals surface area contributed by atoms with Gasteiger partial charge < -0.3 is 19.9 Å². The van der Waals surface area contributed by atoms with Gasteiger partial charge in [0, 0.05) is 31.3 Å². The molecule has 0 fully saturated rings. The van der Waals surface area contributed by atoms with Gasteiger partial charge in [0.15, 0.2) is 0 Å². The molecule has 1 aromatic carbocycles. The van der Waals surface area contributed by atoms with E-state index in [1.54, 1.807) is 43.6 Å². The lowest BCUT2D eigenvalue weighted by atomic mass is 9.89. The quantitative estimate of drug-likeness (QED) is 0.657. The molecule has 2 amide bonds. The number of carbonyl (C=O) groups is 2. The number of amides is 2. The van der Waals surface area contributed by atoms with Crippen LogP contribution in [0, 0.1) is 0 Å². The number of carbonyl (C=O) groups excluding carboxylic acids is 2. The minimum Gasteiger partial charge on any atom is -0.497 e. The van der Waals surface area contributed by atoms with Crippen molar-refractivity contribution in [3.05, 3.63) is 54.0 Å². The molecule has 1 atom stereocenters. The molecule has 2 aromatic heterocycles. The molecule has 3 aromatic rings. The highest BCUT2D eigenvalue weighted by atomic mass is 16.5. The summed E-state index contributed by atoms with van der Waals surface area (Å²) in [5.74, 6) is 0.413. The molecule has 0 unspecified atom stereocenters. The van der Waals surface area contributed by atoms with Gasteiger partial charge in [0.25, 0.3) is 0 Å². The van der Waals surface area contributed by atoms with E-state index in [1.165, 1.54) is 0 Å². The standard InChI is InChI=1S/C20H19N5O4/c1-28-12-5-6-15-13(10-12)14(11-17(26)23-15)20(27)22-9-7-18-24-19(25-29-18)16-4-2-3-8-21-16/h2-6,8,10,14H,7,9,11H2,1H3,(H,22,27)(H,23,26)/t14-/m1/s1. The zero-order valence-electron chi connectivity index (χ0n) is 15.7. The Kier molecular flexibility index (Phi) is 5.19. The average molecular weight is 393 g/mol. The minimum atomic E-state index is -0.583. The molecule has 2 N–H and O–H groups in total. The van der Waals surface area contributed by atoms with E-state index >= 15 is 0 Å². The molecule has 4 rings (SSSR count). The fraction of sp³-hybridized carbons (Fsp3) is 0.250. The number of nitrogens with one attached hydrogen (secondary N) is 2. The number of hydrogen-bond donors (Lipinski definition) is 2. The van der Waals surface area contributed by atoms with Crippen molar-refractivity contribution in [1.29, 1.82) is 0 Å². The minimum absolute atomic E-state index is 0.0797. The summed E-state index contributed by atoms with van der Waals surface area (Å²) in [6.45, 7) is 0.306. The van der Waals surface area contributed by atoms with Crippen LogP contribution in [0.4, 0.5) is 5.69 Å². The Morgan fingerprint density at radius 2 is 2.24 bits per heavy atom. The van der Waals surface area contributed by atoms with Gasteiger partial charge in [0.05, 0.1) is 13.0 Å². The summed E-state index contributed by atoms with van der Waals surface area (Å²) in [5.41, 5.74) is 1.97. The summed E-state index contributed by atoms with van der Waals surface area (Å²) in [7, 11) is 1.56. The van der Waals surface area contributed by atoms with E-state index in [0.717, 1.165) is 5.56 Å². The van der Waals surface area contributed by atoms with Crippen molar-refractivity contribution >= 4 is 17.5 Å². The van der Waals surface area contributed by atoms with Gasteiger partial charge in [0.1, 0.15) is 11.4 Å². The predicted octanol–water partition coefficient (Wildman–Crippen LogP) is 1.92. The number of methoxy groups -OCH3 is 1. The maximum atomic E-state index is 12.7. The first-order valence-electron chi connectivity index (χ1n) is 9.13. The van der Waals surface area contributed by atoms with Gasteiger partial charge in [-0.1, -0.05) is 11.2 Å². The third-order valence-corrected chi connectivity index (χ3v) is 4.61. The third kappa shape index (κ3) is 4.08. The lowest BCUT2D eigenvalue weighted by Gasteiger charge is -2.25. The largest absolute Gasteiger partial charge is 0.497 e. The van der Waals surface area contributed by atoms with E-state index in [-0.39, 0.29) is 18.2 Å². The topological polar surface area (TPSA) is 119 Å². The molecule has 0 bridgehead atoms. The molecule has 29 heavy (non-hydrogen) atoms. The number of anilines is 1. The van der Waals surface area contributed by atoms with Gasteiger partial charge in [-0.3, -0.25) is 14.6 Å². The second kappa shape index (κ2) is 8.09. The van der Waals surface area contributed by atoms with Gasteiger partial charge >= 0.3 is 0 Å². The van der Waals surface area contributed by atoms with Crippen molar-refractivity contribution < 1.29 is 18.8 Å². The normalized spacial score (nSPS) is 15.3. The molecule has 0 saturated carbocycles. The Morgan fingerprint density at radius 1 is 1.34 bits per heavy atom. The van der Waals surface area contributed by atoms with E-state index in [9.17, 15) is 9.59 Å². The SMILES string of the molecule is COc1ccc2c(c1)[C@H](C(=O)NCCc1nc(-c3ccccn3)no1)CC(=O)N2. The van der Waals surface area contributed by atoms with E-state index in [0.29, 0.717) is 41.8 Å². The Labute approximate surface area is 166 Å². The van der Waals surface area contributed by atoms with Gasteiger partial charge in [0.2, 0.25) is 23.5 Å². The van der Waals surface area contributed by atoms with Crippen molar-refractivity contribution in [2.45, 2.75) is 18.8 Å². The lowest BCUT2D eigenvalue weighted by Crippen LogP contribution is -2.36. The molecule has 148 valence electrons. The molecule has 0 aliphatic carbocycles. The number of pyridine rings is 1. The summed E-state index contributed by atoms with van der Waals surface area (Å²) in [6.07, 6.45) is 2.10. The number of nitrogens with zero attached hydrogens (tertiary/aromatic N) is 3. The number of aromatic nitrogens is 3. The lowest BCUT2D eigenvalue weighted by molar-refractivity contribution is -0.126. The number of rotatable bonds is 6. The maximum Gasteiger partial charge on any atom is 0.228 e. The average Bonchev–Trinajstić information content (AvgIpc) is 3.22. The van der Waals surface area contributed by atoms with E-state index in [4.69, 9.17) is 9.26 Å². The van der Waals surface area contributed by atoms with Crippen LogP contribution in [0.1, 0.15) is 23.8 Å². The number of benzene rings is 1. The first-order valence-corrected chi connectivity index (χ1v) is 9.13. The van der Waals surface area contributed by atoms with Gasteiger partial charge in [-0.2, -0.15) is 4.98 Å². The Hall–Kier alpha value is -3.75. The second-order valence-corrected chi connectivity index (χ2v) is 6.53. The Morgan fingerprint density at radius 3 is 3.03 bits per heavy atom. The first kappa shape index (κ1) is 18.6. The summed E-state index contributed by atoms with van der Waals surface area (Å²) < 4.78 is 10.5. The molecule has 9 nitrogen and oxygen atoms in total. The highest BCUT2D eigenvalue weighted by molar-refractivity contribution is 6.01. The van der Waals surface area contributed by atoms with Crippen LogP contribution in [0.15, 0.2) is 47.1 Å². The van der Waals surface area contributed by atoms with Gasteiger partial charge in [-0.15, -0.1) is 0 Å². The van der Waals surface area contributed by atoms with Crippen LogP contribution in [0.25, 0.3) is 11.5 Å². The molecule has 1 aliphatic rings. The first-order chi connectivity index (χ1) is 14.1. The van der Waals surface area contributed by atoms with Crippen LogP contribution in [-0.4, -0.2) is 40.6 Å². The van der Waals surface area contributed by atoms with Crippen LogP contribution >= 0.6 is 0 Å². The molecule has 0 saturated heterocycles. The Bertz CT molecular complexity index is 1030. The zero-order chi connectivity index (χ0) is 20.2. The molecule has 0 spiro atoms. The number of fused-ring (bicyclic) bond motifs is 1. The van der Waals surface area contributed by atoms with E-state index < -0.39 is 5.92 Å². The van der Waals surface area contributed by atoms with Crippen molar-refractivity contribution in [2.24, 2.45) is 0 Å². The van der Waals surface area contributed by atoms with Crippen LogP contribution < -0.4 is 15.4 Å². The van der Waals surface area contributed by atoms with Gasteiger partial charge in [-0.25, -0.2) is 0 Å². The second-order valence-electron chi connectivity index (χ2n) is 6.53. The van der Waals surface area contributed by atoms with Crippen molar-refractivity contribution in [2.75, 3.05) is 19.0 Å². The van der Waals surface area contributed by atoms with Crippen LogP contribution in [0.2, 0.25) is 0 Å². The third-order valence-electron chi connectivity index (χ3n) is 4.61. The van der Waals surface area contributed by atoms with E-state index in [2.05, 4.69) is 25.8 Å². The highest BCUT2D eigenvalue weighted by Gasteiger charge is 2.31. The molecule has 0 radical (unpaired) electrons. The fourth-order valence-electron chi connectivity index (χ4n) is 3.17. The van der Waals surface area contributed by atoms with Crippen LogP contribution in [0.3, 0.4) is 0 Å². The summed E-state index contributed by atoms with van der Waals surface area (Å²) in [6, 6.07) is 10.7. The molecular formula is C20H19N5O4. The van der Waals surface area contributed by atoms with Crippen molar-refractivity contribution in [3.8, 4) is 17.3 Å².